The van der Waals surface area contributed by atoms with E-state index in [0.29, 0.717) is 11.6 Å². The molecule has 0 aliphatic heterocycles. The van der Waals surface area contributed by atoms with Crippen LogP contribution in [0.4, 0.5) is 0 Å². The summed E-state index contributed by atoms with van der Waals surface area (Å²) in [5.41, 5.74) is 0. The lowest BCUT2D eigenvalue weighted by atomic mass is 10.0. The fourth-order valence-electron chi connectivity index (χ4n) is 2.57. The van der Waals surface area contributed by atoms with E-state index in [9.17, 15) is 9.59 Å². The van der Waals surface area contributed by atoms with Crippen molar-refractivity contribution in [2.45, 2.75) is 110 Å². The van der Waals surface area contributed by atoms with Crippen molar-refractivity contribution < 1.29 is 9.59 Å². The smallest absolute Gasteiger partial charge is 0.132 e. The van der Waals surface area contributed by atoms with E-state index < -0.39 is 0 Å². The summed E-state index contributed by atoms with van der Waals surface area (Å²) < 4.78 is 0. The van der Waals surface area contributed by atoms with Crippen LogP contribution in [0.15, 0.2) is 0 Å². The Labute approximate surface area is 132 Å². The number of hydrogen-bond donors (Lipinski definition) is 0. The van der Waals surface area contributed by atoms with Crippen LogP contribution >= 0.6 is 0 Å². The molecular weight excluding hydrogens is 260 g/mol. The Hall–Kier alpha value is -0.660. The van der Waals surface area contributed by atoms with E-state index in [1.54, 1.807) is 0 Å². The number of carbonyl (C=O) groups is 2. The molecule has 0 aromatic rings. The molecule has 0 fully saturated rings. The van der Waals surface area contributed by atoms with Crippen molar-refractivity contribution >= 4 is 11.6 Å². The highest BCUT2D eigenvalue weighted by Crippen LogP contribution is 2.11. The lowest BCUT2D eigenvalue weighted by Gasteiger charge is -2.02. The first-order valence-electron chi connectivity index (χ1n) is 9.24. The average molecular weight is 296 g/mol. The van der Waals surface area contributed by atoms with Crippen molar-refractivity contribution in [1.29, 1.82) is 0 Å². The first-order valence-corrected chi connectivity index (χ1v) is 9.24. The van der Waals surface area contributed by atoms with E-state index in [2.05, 4.69) is 13.8 Å². The third-order valence-electron chi connectivity index (χ3n) is 4.03. The second kappa shape index (κ2) is 15.7. The number of unbranched alkanes of at least 4 members (excludes halogenated alkanes) is 8. The van der Waals surface area contributed by atoms with E-state index in [0.717, 1.165) is 64.2 Å². The Kier molecular flexibility index (Phi) is 15.2. The van der Waals surface area contributed by atoms with Gasteiger partial charge in [-0.05, 0) is 25.7 Å². The molecule has 0 amide bonds. The third kappa shape index (κ3) is 15.5. The average Bonchev–Trinajstić information content (AvgIpc) is 2.47. The molecule has 124 valence electrons. The summed E-state index contributed by atoms with van der Waals surface area (Å²) in [7, 11) is 0. The molecule has 0 bridgehead atoms. The van der Waals surface area contributed by atoms with Gasteiger partial charge in [0.15, 0.2) is 0 Å². The van der Waals surface area contributed by atoms with Gasteiger partial charge in [0.05, 0.1) is 0 Å². The van der Waals surface area contributed by atoms with Crippen LogP contribution in [0.25, 0.3) is 0 Å². The predicted octanol–water partition coefficient (Wildman–Crippen LogP) is 6.02. The van der Waals surface area contributed by atoms with Crippen molar-refractivity contribution in [2.75, 3.05) is 0 Å². The van der Waals surface area contributed by atoms with Crippen LogP contribution < -0.4 is 0 Å². The molecule has 0 aliphatic carbocycles. The maximum absolute atomic E-state index is 11.6. The second-order valence-corrected chi connectivity index (χ2v) is 6.26. The standard InChI is InChI=1S/C19H36O2/c1-3-5-10-14-18(20)16-12-8-7-9-13-17-19(21)15-11-6-4-2/h3-17H2,1-2H3. The minimum atomic E-state index is 0.439. The van der Waals surface area contributed by atoms with Gasteiger partial charge in [-0.3, -0.25) is 9.59 Å². The molecule has 0 atom stereocenters. The quantitative estimate of drug-likeness (QED) is 0.326. The third-order valence-corrected chi connectivity index (χ3v) is 4.03. The summed E-state index contributed by atoms with van der Waals surface area (Å²) in [5.74, 6) is 0.879. The molecule has 0 spiro atoms. The van der Waals surface area contributed by atoms with Crippen molar-refractivity contribution in [2.24, 2.45) is 0 Å². The van der Waals surface area contributed by atoms with E-state index in [-0.39, 0.29) is 0 Å². The van der Waals surface area contributed by atoms with Gasteiger partial charge >= 0.3 is 0 Å². The molecule has 0 N–H and O–H groups in total. The van der Waals surface area contributed by atoms with Gasteiger partial charge in [-0.25, -0.2) is 0 Å². The van der Waals surface area contributed by atoms with Crippen LogP contribution in [0, 0.1) is 0 Å². The van der Waals surface area contributed by atoms with Gasteiger partial charge in [-0.15, -0.1) is 0 Å². The number of rotatable bonds is 16. The van der Waals surface area contributed by atoms with Crippen molar-refractivity contribution in [3.8, 4) is 0 Å². The first kappa shape index (κ1) is 20.3. The van der Waals surface area contributed by atoms with Gasteiger partial charge in [0.2, 0.25) is 0 Å². The Morgan fingerprint density at radius 3 is 1.10 bits per heavy atom. The maximum atomic E-state index is 11.6. The Morgan fingerprint density at radius 2 is 0.762 bits per heavy atom. The normalized spacial score (nSPS) is 10.8. The summed E-state index contributed by atoms with van der Waals surface area (Å²) in [4.78, 5) is 23.2. The molecule has 0 rings (SSSR count). The molecule has 0 saturated carbocycles. The highest BCUT2D eigenvalue weighted by atomic mass is 16.1. The molecular formula is C19H36O2. The van der Waals surface area contributed by atoms with Crippen molar-refractivity contribution in [3.63, 3.8) is 0 Å². The van der Waals surface area contributed by atoms with Crippen molar-refractivity contribution in [1.82, 2.24) is 0 Å². The zero-order valence-electron chi connectivity index (χ0n) is 14.4. The lowest BCUT2D eigenvalue weighted by Crippen LogP contribution is -1.98. The topological polar surface area (TPSA) is 34.1 Å². The number of ketones is 2. The first-order chi connectivity index (χ1) is 10.2. The Balaban J connectivity index is 3.24. The summed E-state index contributed by atoms with van der Waals surface area (Å²) >= 11 is 0. The molecule has 0 saturated heterocycles. The molecule has 2 nitrogen and oxygen atoms in total. The van der Waals surface area contributed by atoms with Gasteiger partial charge in [-0.1, -0.05) is 58.8 Å². The minimum absolute atomic E-state index is 0.439. The summed E-state index contributed by atoms with van der Waals surface area (Å²) in [6.07, 6.45) is 15.5. The zero-order chi connectivity index (χ0) is 15.8. The fraction of sp³-hybridized carbons (Fsp3) is 0.895. The van der Waals surface area contributed by atoms with Crippen LogP contribution in [0.1, 0.15) is 110 Å². The Bertz CT molecular complexity index is 232. The fourth-order valence-corrected chi connectivity index (χ4v) is 2.57. The SMILES string of the molecule is CCCCCC(=O)CCCCCCCC(=O)CCCCC. The molecule has 0 aromatic carbocycles. The molecule has 0 unspecified atom stereocenters. The van der Waals surface area contributed by atoms with Crippen LogP contribution in [-0.4, -0.2) is 11.6 Å². The predicted molar refractivity (Wildman–Crippen MR) is 90.6 cm³/mol. The minimum Gasteiger partial charge on any atom is -0.300 e. The van der Waals surface area contributed by atoms with Gasteiger partial charge < -0.3 is 0 Å². The highest BCUT2D eigenvalue weighted by Gasteiger charge is 2.03. The lowest BCUT2D eigenvalue weighted by molar-refractivity contribution is -0.120. The summed E-state index contributed by atoms with van der Waals surface area (Å²) in [6, 6.07) is 0. The van der Waals surface area contributed by atoms with Crippen LogP contribution in [-0.2, 0) is 9.59 Å². The second-order valence-electron chi connectivity index (χ2n) is 6.26. The molecule has 0 heterocycles. The number of hydrogen-bond acceptors (Lipinski definition) is 2. The van der Waals surface area contributed by atoms with Gasteiger partial charge in [-0.2, -0.15) is 0 Å². The molecule has 0 aromatic heterocycles. The van der Waals surface area contributed by atoms with Gasteiger partial charge in [0, 0.05) is 25.7 Å². The molecule has 0 aliphatic rings. The van der Waals surface area contributed by atoms with Crippen LogP contribution in [0.2, 0.25) is 0 Å². The maximum Gasteiger partial charge on any atom is 0.132 e. The zero-order valence-corrected chi connectivity index (χ0v) is 14.4. The van der Waals surface area contributed by atoms with Crippen LogP contribution in [0.3, 0.4) is 0 Å². The summed E-state index contributed by atoms with van der Waals surface area (Å²) in [5, 5.41) is 0. The van der Waals surface area contributed by atoms with Gasteiger partial charge in [0.25, 0.3) is 0 Å². The molecule has 2 heteroatoms. The van der Waals surface area contributed by atoms with E-state index in [4.69, 9.17) is 0 Å². The number of Topliss-reactive ketones (excluding diaryl/α,β-unsaturated/α-hetero) is 2. The summed E-state index contributed by atoms with van der Waals surface area (Å²) in [6.45, 7) is 4.33. The van der Waals surface area contributed by atoms with E-state index >= 15 is 0 Å². The van der Waals surface area contributed by atoms with E-state index in [1.165, 1.54) is 32.1 Å². The highest BCUT2D eigenvalue weighted by molar-refractivity contribution is 5.78. The molecule has 0 radical (unpaired) electrons. The molecule has 21 heavy (non-hydrogen) atoms. The van der Waals surface area contributed by atoms with E-state index in [1.807, 2.05) is 0 Å². The largest absolute Gasteiger partial charge is 0.300 e. The monoisotopic (exact) mass is 296 g/mol. The van der Waals surface area contributed by atoms with Gasteiger partial charge in [0.1, 0.15) is 11.6 Å². The number of carbonyl (C=O) groups excluding carboxylic acids is 2. The Morgan fingerprint density at radius 1 is 0.476 bits per heavy atom. The van der Waals surface area contributed by atoms with Crippen molar-refractivity contribution in [3.05, 3.63) is 0 Å². The van der Waals surface area contributed by atoms with Crippen LogP contribution in [0.5, 0.6) is 0 Å².